The smallest absolute Gasteiger partial charge is 0.419 e. The Hall–Kier alpha value is -1.92. The molecule has 18 heavy (non-hydrogen) atoms. The number of alkyl halides is 3. The first-order valence-electron chi connectivity index (χ1n) is 5.20. The van der Waals surface area contributed by atoms with Crippen LogP contribution >= 0.6 is 0 Å². The van der Waals surface area contributed by atoms with Crippen LogP contribution in [0.3, 0.4) is 0 Å². The van der Waals surface area contributed by atoms with Gasteiger partial charge in [0.1, 0.15) is 11.9 Å². The molecule has 7 heteroatoms. The van der Waals surface area contributed by atoms with Crippen LogP contribution in [0.4, 0.5) is 18.0 Å². The van der Waals surface area contributed by atoms with Gasteiger partial charge in [-0.15, -0.1) is 0 Å². The van der Waals surface area contributed by atoms with Crippen LogP contribution in [0.15, 0.2) is 18.2 Å². The van der Waals surface area contributed by atoms with Crippen molar-refractivity contribution in [2.45, 2.75) is 18.7 Å². The fraction of sp³-hybridized carbons (Fsp3) is 0.364. The Labute approximate surface area is 100 Å². The van der Waals surface area contributed by atoms with Gasteiger partial charge in [-0.2, -0.15) is 13.2 Å². The number of carboxylic acid groups (broad SMARTS) is 1. The molecule has 1 aromatic carbocycles. The molecule has 1 aliphatic heterocycles. The van der Waals surface area contributed by atoms with E-state index in [0.29, 0.717) is 5.56 Å². The molecule has 1 heterocycles. The maximum Gasteiger partial charge on any atom is 0.419 e. The van der Waals surface area contributed by atoms with E-state index >= 15 is 0 Å². The Balaban J connectivity index is 2.17. The van der Waals surface area contributed by atoms with Gasteiger partial charge in [0.25, 0.3) is 0 Å². The third kappa shape index (κ3) is 2.49. The summed E-state index contributed by atoms with van der Waals surface area (Å²) < 4.78 is 43.3. The minimum Gasteiger partial charge on any atom is -0.487 e. The van der Waals surface area contributed by atoms with Crippen LogP contribution in [0.25, 0.3) is 0 Å². The van der Waals surface area contributed by atoms with Gasteiger partial charge in [-0.3, -0.25) is 0 Å². The van der Waals surface area contributed by atoms with Gasteiger partial charge in [0, 0.05) is 6.42 Å². The quantitative estimate of drug-likeness (QED) is 0.858. The molecule has 0 bridgehead atoms. The second-order valence-electron chi connectivity index (χ2n) is 3.92. The number of halogens is 3. The van der Waals surface area contributed by atoms with E-state index in [0.717, 1.165) is 6.07 Å². The minimum atomic E-state index is -4.47. The lowest BCUT2D eigenvalue weighted by atomic mass is 10.1. The van der Waals surface area contributed by atoms with Crippen molar-refractivity contribution in [3.8, 4) is 5.75 Å². The number of fused-ring (bicyclic) bond motifs is 1. The highest BCUT2D eigenvalue weighted by molar-refractivity contribution is 5.64. The monoisotopic (exact) mass is 261 g/mol. The van der Waals surface area contributed by atoms with Crippen molar-refractivity contribution in [2.75, 3.05) is 6.54 Å². The number of para-hydroxylation sites is 1. The van der Waals surface area contributed by atoms with E-state index in [-0.39, 0.29) is 18.7 Å². The first kappa shape index (κ1) is 12.5. The molecule has 2 rings (SSSR count). The molecule has 1 aromatic rings. The molecule has 2 N–H and O–H groups in total. The van der Waals surface area contributed by atoms with E-state index in [4.69, 9.17) is 9.84 Å². The van der Waals surface area contributed by atoms with Gasteiger partial charge < -0.3 is 15.2 Å². The van der Waals surface area contributed by atoms with E-state index in [2.05, 4.69) is 5.32 Å². The maximum absolute atomic E-state index is 12.7. The summed E-state index contributed by atoms with van der Waals surface area (Å²) in [6, 6.07) is 3.81. The minimum absolute atomic E-state index is 0.0404. The van der Waals surface area contributed by atoms with Crippen molar-refractivity contribution in [3.63, 3.8) is 0 Å². The number of amides is 1. The third-order valence-corrected chi connectivity index (χ3v) is 2.62. The molecule has 0 saturated carbocycles. The van der Waals surface area contributed by atoms with Gasteiger partial charge in [0.05, 0.1) is 12.1 Å². The molecule has 0 aliphatic carbocycles. The van der Waals surface area contributed by atoms with Crippen LogP contribution in [0, 0.1) is 0 Å². The SMILES string of the molecule is O=C(O)NCC1Cc2cccc(C(F)(F)F)c2O1. The molecule has 0 fully saturated rings. The lowest BCUT2D eigenvalue weighted by Crippen LogP contribution is -2.33. The summed E-state index contributed by atoms with van der Waals surface area (Å²) in [5, 5.41) is 10.5. The Morgan fingerprint density at radius 2 is 2.22 bits per heavy atom. The van der Waals surface area contributed by atoms with Crippen LogP contribution < -0.4 is 10.1 Å². The van der Waals surface area contributed by atoms with Crippen LogP contribution in [0.5, 0.6) is 5.75 Å². The van der Waals surface area contributed by atoms with E-state index < -0.39 is 23.9 Å². The summed E-state index contributed by atoms with van der Waals surface area (Å²) in [6.07, 6.45) is -6.04. The lowest BCUT2D eigenvalue weighted by molar-refractivity contribution is -0.139. The zero-order valence-electron chi connectivity index (χ0n) is 9.12. The molecule has 0 saturated heterocycles. The zero-order valence-corrected chi connectivity index (χ0v) is 9.12. The number of nitrogens with one attached hydrogen (secondary N) is 1. The zero-order chi connectivity index (χ0) is 13.3. The Morgan fingerprint density at radius 3 is 2.83 bits per heavy atom. The lowest BCUT2D eigenvalue weighted by Gasteiger charge is -2.13. The van der Waals surface area contributed by atoms with E-state index in [1.807, 2.05) is 0 Å². The van der Waals surface area contributed by atoms with Crippen LogP contribution in [0.1, 0.15) is 11.1 Å². The number of ether oxygens (including phenoxy) is 1. The molecule has 0 aromatic heterocycles. The number of benzene rings is 1. The summed E-state index contributed by atoms with van der Waals surface area (Å²) in [5.74, 6) is -0.192. The van der Waals surface area contributed by atoms with E-state index in [1.165, 1.54) is 6.07 Å². The number of rotatable bonds is 2. The van der Waals surface area contributed by atoms with E-state index in [9.17, 15) is 18.0 Å². The molecular formula is C11H10F3NO3. The topological polar surface area (TPSA) is 58.6 Å². The molecule has 4 nitrogen and oxygen atoms in total. The average Bonchev–Trinajstić information content (AvgIpc) is 2.66. The first-order chi connectivity index (χ1) is 8.38. The predicted octanol–water partition coefficient (Wildman–Crippen LogP) is 2.28. The maximum atomic E-state index is 12.7. The highest BCUT2D eigenvalue weighted by Crippen LogP contribution is 2.41. The molecular weight excluding hydrogens is 251 g/mol. The molecule has 0 radical (unpaired) electrons. The highest BCUT2D eigenvalue weighted by atomic mass is 19.4. The van der Waals surface area contributed by atoms with Crippen LogP contribution in [-0.2, 0) is 12.6 Å². The first-order valence-corrected chi connectivity index (χ1v) is 5.20. The van der Waals surface area contributed by atoms with Gasteiger partial charge in [-0.25, -0.2) is 4.79 Å². The van der Waals surface area contributed by atoms with Crippen molar-refractivity contribution in [1.29, 1.82) is 0 Å². The van der Waals surface area contributed by atoms with Crippen molar-refractivity contribution in [1.82, 2.24) is 5.32 Å². The number of hydrogen-bond acceptors (Lipinski definition) is 2. The van der Waals surface area contributed by atoms with Crippen molar-refractivity contribution in [3.05, 3.63) is 29.3 Å². The Morgan fingerprint density at radius 1 is 1.50 bits per heavy atom. The Kier molecular flexibility index (Phi) is 3.06. The molecule has 1 atom stereocenters. The van der Waals surface area contributed by atoms with Gasteiger partial charge >= 0.3 is 12.3 Å². The summed E-state index contributed by atoms with van der Waals surface area (Å²) in [6.45, 7) is -0.0404. The molecule has 1 unspecified atom stereocenters. The van der Waals surface area contributed by atoms with Crippen molar-refractivity contribution < 1.29 is 27.8 Å². The molecule has 98 valence electrons. The fourth-order valence-corrected chi connectivity index (χ4v) is 1.88. The normalized spacial score (nSPS) is 18.1. The second-order valence-corrected chi connectivity index (χ2v) is 3.92. The summed E-state index contributed by atoms with van der Waals surface area (Å²) in [4.78, 5) is 10.3. The third-order valence-electron chi connectivity index (χ3n) is 2.62. The molecule has 1 amide bonds. The van der Waals surface area contributed by atoms with Crippen LogP contribution in [-0.4, -0.2) is 23.8 Å². The summed E-state index contributed by atoms with van der Waals surface area (Å²) in [5.41, 5.74) is -0.375. The summed E-state index contributed by atoms with van der Waals surface area (Å²) >= 11 is 0. The summed E-state index contributed by atoms with van der Waals surface area (Å²) in [7, 11) is 0. The number of hydrogen-bond donors (Lipinski definition) is 2. The molecule has 1 aliphatic rings. The largest absolute Gasteiger partial charge is 0.487 e. The number of carbonyl (C=O) groups is 1. The van der Waals surface area contributed by atoms with Gasteiger partial charge in [0.2, 0.25) is 0 Å². The van der Waals surface area contributed by atoms with Gasteiger partial charge in [-0.1, -0.05) is 12.1 Å². The highest BCUT2D eigenvalue weighted by Gasteiger charge is 2.38. The van der Waals surface area contributed by atoms with Gasteiger partial charge in [0.15, 0.2) is 0 Å². The average molecular weight is 261 g/mol. The standard InChI is InChI=1S/C11H10F3NO3/c12-11(13,14)8-3-1-2-6-4-7(18-9(6)8)5-15-10(16)17/h1-3,7,15H,4-5H2,(H,16,17). The van der Waals surface area contributed by atoms with Gasteiger partial charge in [-0.05, 0) is 11.6 Å². The fourth-order valence-electron chi connectivity index (χ4n) is 1.88. The van der Waals surface area contributed by atoms with Crippen molar-refractivity contribution >= 4 is 6.09 Å². The Bertz CT molecular complexity index is 473. The predicted molar refractivity (Wildman–Crippen MR) is 55.6 cm³/mol. The van der Waals surface area contributed by atoms with Crippen LogP contribution in [0.2, 0.25) is 0 Å². The van der Waals surface area contributed by atoms with Crippen molar-refractivity contribution in [2.24, 2.45) is 0 Å². The molecule has 0 spiro atoms. The second kappa shape index (κ2) is 4.40. The van der Waals surface area contributed by atoms with E-state index in [1.54, 1.807) is 6.07 Å².